The number of fused-ring (bicyclic) bond motifs is 2. The third-order valence-corrected chi connectivity index (χ3v) is 6.70. The Hall–Kier alpha value is -3.84. The van der Waals surface area contributed by atoms with E-state index in [9.17, 15) is 9.59 Å². The molecule has 0 unspecified atom stereocenters. The number of nitrogens with one attached hydrogen (secondary N) is 1. The molecule has 0 saturated carbocycles. The Balaban J connectivity index is 1.25. The van der Waals surface area contributed by atoms with Crippen molar-refractivity contribution in [3.63, 3.8) is 0 Å². The van der Waals surface area contributed by atoms with Crippen molar-refractivity contribution < 1.29 is 18.7 Å². The second kappa shape index (κ2) is 14.4. The number of nitrogens with zero attached hydrogens (tertiary/aromatic N) is 1. The molecule has 7 heteroatoms. The summed E-state index contributed by atoms with van der Waals surface area (Å²) in [6.45, 7) is 7.96. The molecule has 206 valence electrons. The van der Waals surface area contributed by atoms with E-state index in [1.165, 1.54) is 12.8 Å². The summed E-state index contributed by atoms with van der Waals surface area (Å²) in [4.78, 5) is 27.1. The lowest BCUT2D eigenvalue weighted by Gasteiger charge is -2.21. The van der Waals surface area contributed by atoms with Crippen LogP contribution in [0.2, 0.25) is 0 Å². The van der Waals surface area contributed by atoms with Crippen molar-refractivity contribution in [1.29, 1.82) is 0 Å². The number of unbranched alkanes of at least 4 members (excludes halogenated alkanes) is 3. The number of carbonyl (C=O) groups excluding carboxylic acids is 1. The summed E-state index contributed by atoms with van der Waals surface area (Å²) in [5.74, 6) is 1.23. The average molecular weight is 531 g/mol. The molecule has 4 aromatic rings. The van der Waals surface area contributed by atoms with E-state index in [1.54, 1.807) is 30.3 Å². The summed E-state index contributed by atoms with van der Waals surface area (Å²) < 4.78 is 17.4. The van der Waals surface area contributed by atoms with E-state index in [1.807, 2.05) is 36.4 Å². The summed E-state index contributed by atoms with van der Waals surface area (Å²) in [5.41, 5.74) is 2.15. The Morgan fingerprint density at radius 1 is 0.872 bits per heavy atom. The minimum absolute atomic E-state index is 0.0329. The van der Waals surface area contributed by atoms with Gasteiger partial charge in [0, 0.05) is 25.7 Å². The van der Waals surface area contributed by atoms with Crippen molar-refractivity contribution in [2.24, 2.45) is 0 Å². The molecule has 3 aromatic carbocycles. The van der Waals surface area contributed by atoms with Crippen LogP contribution in [0.5, 0.6) is 11.5 Å². The molecule has 0 saturated heterocycles. The lowest BCUT2D eigenvalue weighted by Crippen LogP contribution is -2.28. The fraction of sp³-hybridized carbons (Fsp3) is 0.375. The van der Waals surface area contributed by atoms with Crippen LogP contribution < -0.4 is 20.2 Å². The van der Waals surface area contributed by atoms with Crippen molar-refractivity contribution >= 4 is 28.0 Å². The maximum Gasteiger partial charge on any atom is 0.412 e. The number of carbonyl (C=O) groups is 1. The molecule has 0 aliphatic heterocycles. The van der Waals surface area contributed by atoms with E-state index in [0.717, 1.165) is 44.5 Å². The molecule has 1 aromatic heterocycles. The molecule has 39 heavy (non-hydrogen) atoms. The van der Waals surface area contributed by atoms with Gasteiger partial charge in [0.1, 0.15) is 22.7 Å². The van der Waals surface area contributed by atoms with Crippen molar-refractivity contribution in [3.8, 4) is 11.5 Å². The molecule has 0 spiro atoms. The van der Waals surface area contributed by atoms with Gasteiger partial charge in [0.15, 0.2) is 0 Å². The Morgan fingerprint density at radius 3 is 2.56 bits per heavy atom. The van der Waals surface area contributed by atoms with E-state index in [-0.39, 0.29) is 5.43 Å². The molecule has 0 aliphatic rings. The van der Waals surface area contributed by atoms with E-state index >= 15 is 0 Å². The average Bonchev–Trinajstić information content (AvgIpc) is 2.95. The smallest absolute Gasteiger partial charge is 0.412 e. The molecule has 0 radical (unpaired) electrons. The first-order valence-electron chi connectivity index (χ1n) is 13.9. The zero-order valence-corrected chi connectivity index (χ0v) is 22.9. The third-order valence-electron chi connectivity index (χ3n) is 6.70. The van der Waals surface area contributed by atoms with Gasteiger partial charge in [-0.05, 0) is 61.3 Å². The number of ether oxygens (including phenoxy) is 2. The predicted molar refractivity (Wildman–Crippen MR) is 156 cm³/mol. The number of hydrogen-bond donors (Lipinski definition) is 1. The van der Waals surface area contributed by atoms with Crippen LogP contribution in [0.15, 0.2) is 75.9 Å². The van der Waals surface area contributed by atoms with E-state index < -0.39 is 6.09 Å². The van der Waals surface area contributed by atoms with E-state index in [0.29, 0.717) is 46.6 Å². The SMILES string of the molecule is CCCCCCNC(=O)Oc1cccc(CN(CC)CCCOc2ccc3c(=O)c4ccccc4oc3c2)c1. The summed E-state index contributed by atoms with van der Waals surface area (Å²) in [7, 11) is 0. The van der Waals surface area contributed by atoms with Crippen LogP contribution in [0.1, 0.15) is 51.5 Å². The fourth-order valence-corrected chi connectivity index (χ4v) is 4.55. The van der Waals surface area contributed by atoms with Gasteiger partial charge in [0.05, 0.1) is 17.4 Å². The molecule has 0 aliphatic carbocycles. The number of hydrogen-bond acceptors (Lipinski definition) is 6. The molecule has 4 rings (SSSR count). The second-order valence-electron chi connectivity index (χ2n) is 9.68. The maximum absolute atomic E-state index is 12.7. The zero-order chi connectivity index (χ0) is 27.5. The minimum atomic E-state index is -0.408. The minimum Gasteiger partial charge on any atom is -0.493 e. The van der Waals surface area contributed by atoms with Crippen molar-refractivity contribution in [2.45, 2.75) is 52.5 Å². The van der Waals surface area contributed by atoms with Gasteiger partial charge in [-0.25, -0.2) is 4.79 Å². The van der Waals surface area contributed by atoms with Gasteiger partial charge < -0.3 is 19.2 Å². The molecule has 0 fully saturated rings. The van der Waals surface area contributed by atoms with Gasteiger partial charge >= 0.3 is 6.09 Å². The van der Waals surface area contributed by atoms with Crippen LogP contribution in [0.4, 0.5) is 4.79 Å². The Morgan fingerprint density at radius 2 is 1.72 bits per heavy atom. The van der Waals surface area contributed by atoms with Gasteiger partial charge in [-0.1, -0.05) is 57.4 Å². The summed E-state index contributed by atoms with van der Waals surface area (Å²) >= 11 is 0. The molecule has 7 nitrogen and oxygen atoms in total. The second-order valence-corrected chi connectivity index (χ2v) is 9.68. The Labute approximate surface area is 229 Å². The fourth-order valence-electron chi connectivity index (χ4n) is 4.55. The van der Waals surface area contributed by atoms with Crippen LogP contribution in [0.25, 0.3) is 21.9 Å². The van der Waals surface area contributed by atoms with Crippen LogP contribution in [0, 0.1) is 0 Å². The number of benzene rings is 3. The standard InChI is InChI=1S/C32H38N2O5/c1-3-5-6-9-18-33-32(36)38-26-13-10-12-24(21-26)23-34(4-2)19-11-20-37-25-16-17-28-30(22-25)39-29-15-8-7-14-27(29)31(28)35/h7-8,10,12-17,21-22H,3-6,9,11,18-20,23H2,1-2H3,(H,33,36). The van der Waals surface area contributed by atoms with Gasteiger partial charge in [0.2, 0.25) is 5.43 Å². The van der Waals surface area contributed by atoms with Crippen LogP contribution in [0.3, 0.4) is 0 Å². The highest BCUT2D eigenvalue weighted by Gasteiger charge is 2.10. The number of para-hydroxylation sites is 1. The molecular formula is C32H38N2O5. The van der Waals surface area contributed by atoms with Crippen LogP contribution in [-0.2, 0) is 6.54 Å². The first-order chi connectivity index (χ1) is 19.1. The van der Waals surface area contributed by atoms with Gasteiger partial charge in [-0.3, -0.25) is 9.69 Å². The van der Waals surface area contributed by atoms with Gasteiger partial charge in [-0.2, -0.15) is 0 Å². The highest BCUT2D eigenvalue weighted by atomic mass is 16.6. The number of amides is 1. The largest absolute Gasteiger partial charge is 0.493 e. The molecular weight excluding hydrogens is 492 g/mol. The monoisotopic (exact) mass is 530 g/mol. The first-order valence-corrected chi connectivity index (χ1v) is 13.9. The zero-order valence-electron chi connectivity index (χ0n) is 22.9. The van der Waals surface area contributed by atoms with Gasteiger partial charge in [-0.15, -0.1) is 0 Å². The van der Waals surface area contributed by atoms with Crippen LogP contribution >= 0.6 is 0 Å². The lowest BCUT2D eigenvalue weighted by molar-refractivity contribution is 0.200. The molecule has 0 bridgehead atoms. The summed E-state index contributed by atoms with van der Waals surface area (Å²) in [5, 5.41) is 3.95. The van der Waals surface area contributed by atoms with Crippen LogP contribution in [-0.4, -0.2) is 37.2 Å². The Kier molecular flexibility index (Phi) is 10.4. The summed E-state index contributed by atoms with van der Waals surface area (Å²) in [6.07, 6.45) is 4.86. The molecule has 1 N–H and O–H groups in total. The van der Waals surface area contributed by atoms with Crippen molar-refractivity contribution in [3.05, 3.63) is 82.5 Å². The topological polar surface area (TPSA) is 81.0 Å². The molecule has 1 amide bonds. The van der Waals surface area contributed by atoms with E-state index in [4.69, 9.17) is 13.9 Å². The molecule has 0 atom stereocenters. The maximum atomic E-state index is 12.7. The predicted octanol–water partition coefficient (Wildman–Crippen LogP) is 6.91. The normalized spacial score (nSPS) is 11.3. The van der Waals surface area contributed by atoms with Crippen molar-refractivity contribution in [1.82, 2.24) is 10.2 Å². The molecule has 1 heterocycles. The Bertz CT molecular complexity index is 1430. The quantitative estimate of drug-likeness (QED) is 0.141. The highest BCUT2D eigenvalue weighted by molar-refractivity contribution is 5.90. The van der Waals surface area contributed by atoms with Gasteiger partial charge in [0.25, 0.3) is 0 Å². The van der Waals surface area contributed by atoms with E-state index in [2.05, 4.69) is 24.1 Å². The lowest BCUT2D eigenvalue weighted by atomic mass is 10.1. The highest BCUT2D eigenvalue weighted by Crippen LogP contribution is 2.23. The van der Waals surface area contributed by atoms with Crippen molar-refractivity contribution in [2.75, 3.05) is 26.2 Å². The third kappa shape index (κ3) is 8.07. The summed E-state index contributed by atoms with van der Waals surface area (Å²) in [6, 6.07) is 20.3. The number of rotatable bonds is 14. The first kappa shape index (κ1) is 28.2.